The molecule has 1 aliphatic rings. The number of nitrogens with zero attached hydrogens (tertiary/aromatic N) is 2. The lowest BCUT2D eigenvalue weighted by Gasteiger charge is -2.34. The molecule has 5 heteroatoms. The summed E-state index contributed by atoms with van der Waals surface area (Å²) in [5, 5.41) is 1.02. The minimum absolute atomic E-state index is 0.0136. The van der Waals surface area contributed by atoms with Crippen LogP contribution in [0.2, 0.25) is 0 Å². The van der Waals surface area contributed by atoms with Gasteiger partial charge in [0.2, 0.25) is 0 Å². The monoisotopic (exact) mass is 357 g/mol. The summed E-state index contributed by atoms with van der Waals surface area (Å²) in [5.41, 5.74) is 1.59. The Hall–Kier alpha value is -2.01. The molecule has 0 spiro atoms. The zero-order valence-corrected chi connectivity index (χ0v) is 16.6. The highest BCUT2D eigenvalue weighted by molar-refractivity contribution is 5.98. The molecule has 0 radical (unpaired) electrons. The number of aromatic amines is 1. The summed E-state index contributed by atoms with van der Waals surface area (Å²) in [4.78, 5) is 20.0. The number of fused-ring (bicyclic) bond motifs is 1. The van der Waals surface area contributed by atoms with Crippen molar-refractivity contribution in [3.05, 3.63) is 30.0 Å². The largest absolute Gasteiger partial charge is 0.490 e. The summed E-state index contributed by atoms with van der Waals surface area (Å²) < 4.78 is 6.21. The number of H-pyrrole nitrogens is 1. The lowest BCUT2D eigenvalue weighted by atomic mass is 10.1. The van der Waals surface area contributed by atoms with E-state index in [2.05, 4.69) is 23.7 Å². The van der Waals surface area contributed by atoms with Crippen LogP contribution in [0.25, 0.3) is 10.9 Å². The number of piperidine rings is 1. The standard InChI is InChI=1S/C21H31N3O2/c1-14(2)23(5)21(25)20-13-16-12-18(6-7-19(16)22-20)26-17-8-10-24(11-9-17)15(3)4/h6-7,12-15,17,22H,8-11H2,1-5H3. The van der Waals surface area contributed by atoms with E-state index >= 15 is 0 Å². The lowest BCUT2D eigenvalue weighted by Crippen LogP contribution is -2.41. The molecule has 3 rings (SSSR count). The molecule has 1 N–H and O–H groups in total. The Labute approximate surface area is 156 Å². The van der Waals surface area contributed by atoms with Crippen LogP contribution in [0.15, 0.2) is 24.3 Å². The molecular weight excluding hydrogens is 326 g/mol. The van der Waals surface area contributed by atoms with Crippen LogP contribution < -0.4 is 4.74 Å². The maximum atomic E-state index is 12.5. The number of amides is 1. The number of hydrogen-bond acceptors (Lipinski definition) is 3. The number of aromatic nitrogens is 1. The third-order valence-electron chi connectivity index (χ3n) is 5.43. The number of nitrogens with one attached hydrogen (secondary N) is 1. The van der Waals surface area contributed by atoms with Gasteiger partial charge in [0.15, 0.2) is 0 Å². The van der Waals surface area contributed by atoms with Crippen LogP contribution in [-0.2, 0) is 0 Å². The van der Waals surface area contributed by atoms with E-state index in [0.29, 0.717) is 11.7 Å². The lowest BCUT2D eigenvalue weighted by molar-refractivity contribution is 0.0750. The van der Waals surface area contributed by atoms with Crippen LogP contribution in [0.1, 0.15) is 51.0 Å². The van der Waals surface area contributed by atoms with Crippen LogP contribution in [0.4, 0.5) is 0 Å². The minimum Gasteiger partial charge on any atom is -0.490 e. The van der Waals surface area contributed by atoms with E-state index in [9.17, 15) is 4.79 Å². The Kier molecular flexibility index (Phi) is 5.56. The normalized spacial score (nSPS) is 16.6. The van der Waals surface area contributed by atoms with Crippen molar-refractivity contribution in [1.29, 1.82) is 0 Å². The van der Waals surface area contributed by atoms with Crippen molar-refractivity contribution >= 4 is 16.8 Å². The number of carbonyl (C=O) groups is 1. The van der Waals surface area contributed by atoms with Crippen LogP contribution in [0.3, 0.4) is 0 Å². The summed E-state index contributed by atoms with van der Waals surface area (Å²) in [6.07, 6.45) is 2.40. The van der Waals surface area contributed by atoms with Gasteiger partial charge in [0, 0.05) is 43.1 Å². The first-order valence-electron chi connectivity index (χ1n) is 9.65. The second-order valence-corrected chi connectivity index (χ2v) is 7.89. The minimum atomic E-state index is 0.0136. The van der Waals surface area contributed by atoms with Gasteiger partial charge in [-0.3, -0.25) is 4.79 Å². The van der Waals surface area contributed by atoms with Crippen molar-refractivity contribution < 1.29 is 9.53 Å². The van der Waals surface area contributed by atoms with Gasteiger partial charge in [-0.05, 0) is 64.8 Å². The Morgan fingerprint density at radius 3 is 2.50 bits per heavy atom. The Morgan fingerprint density at radius 1 is 1.19 bits per heavy atom. The summed E-state index contributed by atoms with van der Waals surface area (Å²) >= 11 is 0. The van der Waals surface area contributed by atoms with Crippen molar-refractivity contribution in [3.8, 4) is 5.75 Å². The molecule has 0 aliphatic carbocycles. The highest BCUT2D eigenvalue weighted by Gasteiger charge is 2.22. The Morgan fingerprint density at radius 2 is 1.88 bits per heavy atom. The quantitative estimate of drug-likeness (QED) is 0.883. The van der Waals surface area contributed by atoms with Gasteiger partial charge in [0.25, 0.3) is 5.91 Å². The van der Waals surface area contributed by atoms with Gasteiger partial charge >= 0.3 is 0 Å². The molecule has 0 bridgehead atoms. The molecule has 1 aliphatic heterocycles. The first-order chi connectivity index (χ1) is 12.3. The number of likely N-dealkylation sites (tertiary alicyclic amines) is 1. The van der Waals surface area contributed by atoms with Crippen molar-refractivity contribution in [2.24, 2.45) is 0 Å². The number of benzene rings is 1. The summed E-state index contributed by atoms with van der Waals surface area (Å²) in [6, 6.07) is 8.72. The van der Waals surface area contributed by atoms with Gasteiger partial charge in [-0.1, -0.05) is 0 Å². The molecule has 142 valence electrons. The molecule has 26 heavy (non-hydrogen) atoms. The number of rotatable bonds is 5. The summed E-state index contributed by atoms with van der Waals surface area (Å²) in [6.45, 7) is 10.7. The fourth-order valence-electron chi connectivity index (χ4n) is 3.43. The second kappa shape index (κ2) is 7.70. The van der Waals surface area contributed by atoms with Gasteiger partial charge in [-0.25, -0.2) is 0 Å². The van der Waals surface area contributed by atoms with Crippen molar-refractivity contribution in [2.75, 3.05) is 20.1 Å². The van der Waals surface area contributed by atoms with Crippen LogP contribution in [0.5, 0.6) is 5.75 Å². The van der Waals surface area contributed by atoms with E-state index in [4.69, 9.17) is 4.74 Å². The number of carbonyl (C=O) groups excluding carboxylic acids is 1. The molecule has 2 heterocycles. The number of hydrogen-bond donors (Lipinski definition) is 1. The van der Waals surface area contributed by atoms with E-state index in [-0.39, 0.29) is 18.1 Å². The van der Waals surface area contributed by atoms with E-state index in [1.54, 1.807) is 4.90 Å². The topological polar surface area (TPSA) is 48.6 Å². The first-order valence-corrected chi connectivity index (χ1v) is 9.65. The Bertz CT molecular complexity index is 758. The fraction of sp³-hybridized carbons (Fsp3) is 0.571. The van der Waals surface area contributed by atoms with Gasteiger partial charge in [0.1, 0.15) is 17.5 Å². The third-order valence-corrected chi connectivity index (χ3v) is 5.43. The van der Waals surface area contributed by atoms with Crippen molar-refractivity contribution in [3.63, 3.8) is 0 Å². The van der Waals surface area contributed by atoms with Crippen LogP contribution >= 0.6 is 0 Å². The highest BCUT2D eigenvalue weighted by Crippen LogP contribution is 2.25. The summed E-state index contributed by atoms with van der Waals surface area (Å²) in [7, 11) is 1.83. The molecule has 1 aromatic heterocycles. The van der Waals surface area contributed by atoms with Gasteiger partial charge in [-0.2, -0.15) is 0 Å². The fourth-order valence-corrected chi connectivity index (χ4v) is 3.43. The molecule has 0 saturated carbocycles. The summed E-state index contributed by atoms with van der Waals surface area (Å²) in [5.74, 6) is 0.899. The molecular formula is C21H31N3O2. The molecule has 1 fully saturated rings. The maximum absolute atomic E-state index is 12.5. The SMILES string of the molecule is CC(C)N1CCC(Oc2ccc3[nH]c(C(=O)N(C)C(C)C)cc3c2)CC1. The predicted octanol–water partition coefficient (Wildman–Crippen LogP) is 3.90. The molecule has 0 atom stereocenters. The zero-order valence-electron chi connectivity index (χ0n) is 16.6. The zero-order chi connectivity index (χ0) is 18.8. The maximum Gasteiger partial charge on any atom is 0.270 e. The van der Waals surface area contributed by atoms with E-state index in [1.165, 1.54) is 0 Å². The van der Waals surface area contributed by atoms with Gasteiger partial charge < -0.3 is 19.5 Å². The molecule has 1 aromatic carbocycles. The predicted molar refractivity (Wildman–Crippen MR) is 106 cm³/mol. The smallest absolute Gasteiger partial charge is 0.270 e. The van der Waals surface area contributed by atoms with E-state index in [0.717, 1.165) is 42.6 Å². The van der Waals surface area contributed by atoms with Crippen molar-refractivity contribution in [1.82, 2.24) is 14.8 Å². The molecule has 0 unspecified atom stereocenters. The van der Waals surface area contributed by atoms with Crippen molar-refractivity contribution in [2.45, 2.75) is 58.7 Å². The highest BCUT2D eigenvalue weighted by atomic mass is 16.5. The van der Waals surface area contributed by atoms with Crippen LogP contribution in [-0.4, -0.2) is 59.0 Å². The first kappa shape index (κ1) is 18.8. The van der Waals surface area contributed by atoms with E-state index in [1.807, 2.05) is 45.2 Å². The third kappa shape index (κ3) is 4.04. The average molecular weight is 357 g/mol. The Balaban J connectivity index is 1.69. The van der Waals surface area contributed by atoms with E-state index < -0.39 is 0 Å². The molecule has 1 saturated heterocycles. The number of ether oxygens (including phenoxy) is 1. The molecule has 5 nitrogen and oxygen atoms in total. The molecule has 1 amide bonds. The van der Waals surface area contributed by atoms with Gasteiger partial charge in [0.05, 0.1) is 0 Å². The average Bonchev–Trinajstić information content (AvgIpc) is 3.04. The molecule has 2 aromatic rings. The van der Waals surface area contributed by atoms with Gasteiger partial charge in [-0.15, -0.1) is 0 Å². The van der Waals surface area contributed by atoms with Crippen LogP contribution in [0, 0.1) is 0 Å². The second-order valence-electron chi connectivity index (χ2n) is 7.89.